The van der Waals surface area contributed by atoms with E-state index in [0.29, 0.717) is 0 Å². The Bertz CT molecular complexity index is 393. The second kappa shape index (κ2) is 6.17. The van der Waals surface area contributed by atoms with Crippen LogP contribution in [0.2, 0.25) is 0 Å². The van der Waals surface area contributed by atoms with Crippen LogP contribution < -0.4 is 4.74 Å². The zero-order valence-electron chi connectivity index (χ0n) is 9.22. The van der Waals surface area contributed by atoms with E-state index in [4.69, 9.17) is 9.84 Å². The lowest BCUT2D eigenvalue weighted by Gasteiger charge is -2.11. The summed E-state index contributed by atoms with van der Waals surface area (Å²) in [7, 11) is 1.44. The van der Waals surface area contributed by atoms with E-state index < -0.39 is 23.5 Å². The van der Waals surface area contributed by atoms with Gasteiger partial charge in [0.15, 0.2) is 0 Å². The molecule has 94 valence electrons. The molecule has 1 aromatic carbocycles. The van der Waals surface area contributed by atoms with E-state index in [-0.39, 0.29) is 19.0 Å². The average molecular weight is 244 g/mol. The van der Waals surface area contributed by atoms with Crippen LogP contribution in [-0.2, 0) is 4.74 Å². The molecular weight excluding hydrogens is 231 g/mol. The van der Waals surface area contributed by atoms with Crippen LogP contribution in [0, 0.1) is 5.82 Å². The van der Waals surface area contributed by atoms with Crippen LogP contribution in [0.4, 0.5) is 4.39 Å². The van der Waals surface area contributed by atoms with Crippen molar-refractivity contribution in [3.63, 3.8) is 0 Å². The molecule has 1 unspecified atom stereocenters. The highest BCUT2D eigenvalue weighted by atomic mass is 19.1. The highest BCUT2D eigenvalue weighted by Gasteiger charge is 2.11. The minimum atomic E-state index is -1.34. The first-order chi connectivity index (χ1) is 8.04. The normalized spacial score (nSPS) is 12.2. The van der Waals surface area contributed by atoms with Gasteiger partial charge in [0, 0.05) is 13.2 Å². The van der Waals surface area contributed by atoms with Crippen LogP contribution in [-0.4, -0.2) is 42.6 Å². The van der Waals surface area contributed by atoms with Gasteiger partial charge < -0.3 is 19.7 Å². The second-order valence-corrected chi connectivity index (χ2v) is 3.37. The molecule has 0 aliphatic rings. The summed E-state index contributed by atoms with van der Waals surface area (Å²) >= 11 is 0. The van der Waals surface area contributed by atoms with Crippen molar-refractivity contribution in [2.45, 2.75) is 6.10 Å². The number of aliphatic hydroxyl groups is 1. The fraction of sp³-hybridized carbons (Fsp3) is 0.364. The number of hydrogen-bond donors (Lipinski definition) is 2. The van der Waals surface area contributed by atoms with Gasteiger partial charge in [0.25, 0.3) is 0 Å². The molecule has 17 heavy (non-hydrogen) atoms. The van der Waals surface area contributed by atoms with Crippen molar-refractivity contribution in [2.24, 2.45) is 0 Å². The third kappa shape index (κ3) is 4.01. The standard InChI is InChI=1S/C11H13FO5/c1-16-5-7(13)6-17-8-2-3-9(11(14)15)10(12)4-8/h2-4,7,13H,5-6H2,1H3,(H,14,15). The van der Waals surface area contributed by atoms with Gasteiger partial charge in [-0.05, 0) is 12.1 Å². The molecule has 5 nitrogen and oxygen atoms in total. The number of ether oxygens (including phenoxy) is 2. The monoisotopic (exact) mass is 244 g/mol. The van der Waals surface area contributed by atoms with Gasteiger partial charge >= 0.3 is 5.97 Å². The predicted molar refractivity (Wildman–Crippen MR) is 56.7 cm³/mol. The van der Waals surface area contributed by atoms with Crippen molar-refractivity contribution in [2.75, 3.05) is 20.3 Å². The Labute approximate surface area is 97.4 Å². The number of halogens is 1. The maximum atomic E-state index is 13.2. The molecule has 1 aromatic rings. The summed E-state index contributed by atoms with van der Waals surface area (Å²) in [6.07, 6.45) is -0.817. The fourth-order valence-electron chi connectivity index (χ4n) is 1.19. The van der Waals surface area contributed by atoms with Gasteiger partial charge in [0.1, 0.15) is 24.3 Å². The molecule has 0 spiro atoms. The number of rotatable bonds is 6. The number of hydrogen-bond acceptors (Lipinski definition) is 4. The van der Waals surface area contributed by atoms with Crippen LogP contribution >= 0.6 is 0 Å². The predicted octanol–water partition coefficient (Wildman–Crippen LogP) is 0.910. The van der Waals surface area contributed by atoms with Crippen molar-refractivity contribution in [1.29, 1.82) is 0 Å². The van der Waals surface area contributed by atoms with Crippen LogP contribution in [0.5, 0.6) is 5.75 Å². The Morgan fingerprint density at radius 3 is 2.71 bits per heavy atom. The maximum Gasteiger partial charge on any atom is 0.338 e. The van der Waals surface area contributed by atoms with Crippen molar-refractivity contribution >= 4 is 5.97 Å². The smallest absolute Gasteiger partial charge is 0.338 e. The molecule has 1 atom stereocenters. The quantitative estimate of drug-likeness (QED) is 0.777. The maximum absolute atomic E-state index is 13.2. The third-order valence-electron chi connectivity index (χ3n) is 1.97. The SMILES string of the molecule is COCC(O)COc1ccc(C(=O)O)c(F)c1. The number of carbonyl (C=O) groups is 1. The first-order valence-electron chi connectivity index (χ1n) is 4.87. The van der Waals surface area contributed by atoms with Gasteiger partial charge in [-0.15, -0.1) is 0 Å². The minimum absolute atomic E-state index is 0.0559. The van der Waals surface area contributed by atoms with Crippen LogP contribution in [0.25, 0.3) is 0 Å². The molecule has 0 aliphatic carbocycles. The summed E-state index contributed by atoms with van der Waals surface area (Å²) in [5, 5.41) is 17.9. The third-order valence-corrected chi connectivity index (χ3v) is 1.97. The molecular formula is C11H13FO5. The van der Waals surface area contributed by atoms with Gasteiger partial charge in [-0.3, -0.25) is 0 Å². The average Bonchev–Trinajstić information content (AvgIpc) is 2.26. The van der Waals surface area contributed by atoms with E-state index in [0.717, 1.165) is 12.1 Å². The Hall–Kier alpha value is -1.66. The Kier molecular flexibility index (Phi) is 4.86. The highest BCUT2D eigenvalue weighted by molar-refractivity contribution is 5.88. The molecule has 1 rings (SSSR count). The molecule has 0 aliphatic heterocycles. The Balaban J connectivity index is 2.62. The first kappa shape index (κ1) is 13.4. The van der Waals surface area contributed by atoms with Crippen molar-refractivity contribution in [1.82, 2.24) is 0 Å². The van der Waals surface area contributed by atoms with Crippen LogP contribution in [0.1, 0.15) is 10.4 Å². The Morgan fingerprint density at radius 2 is 2.18 bits per heavy atom. The number of methoxy groups -OCH3 is 1. The van der Waals surface area contributed by atoms with E-state index in [1.165, 1.54) is 13.2 Å². The lowest BCUT2D eigenvalue weighted by molar-refractivity contribution is 0.0324. The second-order valence-electron chi connectivity index (χ2n) is 3.37. The molecule has 0 fully saturated rings. The molecule has 0 heterocycles. The van der Waals surface area contributed by atoms with Crippen LogP contribution in [0.3, 0.4) is 0 Å². The largest absolute Gasteiger partial charge is 0.491 e. The zero-order chi connectivity index (χ0) is 12.8. The molecule has 0 saturated carbocycles. The first-order valence-corrected chi connectivity index (χ1v) is 4.87. The van der Waals surface area contributed by atoms with Crippen molar-refractivity contribution in [3.8, 4) is 5.75 Å². The number of carboxylic acid groups (broad SMARTS) is 1. The van der Waals surface area contributed by atoms with Crippen molar-refractivity contribution in [3.05, 3.63) is 29.6 Å². The van der Waals surface area contributed by atoms with Gasteiger partial charge in [-0.2, -0.15) is 0 Å². The summed E-state index contributed by atoms with van der Waals surface area (Å²) < 4.78 is 23.0. The van der Waals surface area contributed by atoms with E-state index in [2.05, 4.69) is 4.74 Å². The van der Waals surface area contributed by atoms with Crippen molar-refractivity contribution < 1.29 is 28.9 Å². The van der Waals surface area contributed by atoms with Gasteiger partial charge in [-0.25, -0.2) is 9.18 Å². The lowest BCUT2D eigenvalue weighted by Crippen LogP contribution is -2.22. The molecule has 0 aromatic heterocycles. The van der Waals surface area contributed by atoms with Gasteiger partial charge in [0.05, 0.1) is 12.2 Å². The minimum Gasteiger partial charge on any atom is -0.491 e. The molecule has 0 radical (unpaired) electrons. The summed E-state index contributed by atoms with van der Waals surface area (Å²) in [5.74, 6) is -2.06. The fourth-order valence-corrected chi connectivity index (χ4v) is 1.19. The summed E-state index contributed by atoms with van der Waals surface area (Å²) in [5.41, 5.74) is -0.421. The van der Waals surface area contributed by atoms with E-state index in [9.17, 15) is 14.3 Å². The number of aliphatic hydroxyl groups excluding tert-OH is 1. The lowest BCUT2D eigenvalue weighted by atomic mass is 10.2. The number of benzene rings is 1. The Morgan fingerprint density at radius 1 is 1.47 bits per heavy atom. The summed E-state index contributed by atoms with van der Waals surface area (Å²) in [6, 6.07) is 3.39. The molecule has 0 bridgehead atoms. The van der Waals surface area contributed by atoms with Gasteiger partial charge in [-0.1, -0.05) is 0 Å². The molecule has 6 heteroatoms. The topological polar surface area (TPSA) is 76.0 Å². The zero-order valence-corrected chi connectivity index (χ0v) is 9.22. The van der Waals surface area contributed by atoms with E-state index >= 15 is 0 Å². The number of aromatic carboxylic acids is 1. The summed E-state index contributed by atoms with van der Waals surface area (Å²) in [4.78, 5) is 10.5. The molecule has 0 amide bonds. The van der Waals surface area contributed by atoms with E-state index in [1.807, 2.05) is 0 Å². The number of carboxylic acids is 1. The highest BCUT2D eigenvalue weighted by Crippen LogP contribution is 2.16. The van der Waals surface area contributed by atoms with Crippen LogP contribution in [0.15, 0.2) is 18.2 Å². The van der Waals surface area contributed by atoms with Gasteiger partial charge in [0.2, 0.25) is 0 Å². The van der Waals surface area contributed by atoms with E-state index in [1.54, 1.807) is 0 Å². The molecule has 2 N–H and O–H groups in total. The molecule has 0 saturated heterocycles. The summed E-state index contributed by atoms with van der Waals surface area (Å²) in [6.45, 7) is 0.0510.